The van der Waals surface area contributed by atoms with Gasteiger partial charge in [-0.25, -0.2) is 0 Å². The van der Waals surface area contributed by atoms with Crippen LogP contribution in [0.5, 0.6) is 0 Å². The van der Waals surface area contributed by atoms with Crippen LogP contribution in [0, 0.1) is 13.8 Å². The summed E-state index contributed by atoms with van der Waals surface area (Å²) in [7, 11) is 2.15. The topological polar surface area (TPSA) is 31.6 Å². The molecule has 1 unspecified atom stereocenters. The second-order valence-corrected chi connectivity index (χ2v) is 7.12. The molecule has 2 aromatic rings. The molecule has 0 spiro atoms. The van der Waals surface area contributed by atoms with Crippen molar-refractivity contribution >= 4 is 22.5 Å². The molecule has 4 nitrogen and oxygen atoms in total. The van der Waals surface area contributed by atoms with E-state index in [1.165, 1.54) is 16.6 Å². The molecule has 1 aromatic heterocycles. The van der Waals surface area contributed by atoms with Gasteiger partial charge in [0.2, 0.25) is 0 Å². The van der Waals surface area contributed by atoms with Crippen LogP contribution in [0.15, 0.2) is 18.2 Å². The Morgan fingerprint density at radius 1 is 1.13 bits per heavy atom. The van der Waals surface area contributed by atoms with Crippen LogP contribution < -0.4 is 0 Å². The van der Waals surface area contributed by atoms with Gasteiger partial charge in [0.25, 0.3) is 0 Å². The lowest BCUT2D eigenvalue weighted by molar-refractivity contribution is 0.0714. The predicted molar refractivity (Wildman–Crippen MR) is 96.4 cm³/mol. The van der Waals surface area contributed by atoms with Gasteiger partial charge in [0.1, 0.15) is 0 Å². The van der Waals surface area contributed by atoms with Crippen LogP contribution in [0.2, 0.25) is 5.02 Å². The zero-order chi connectivity index (χ0) is 16.6. The SMILES string of the molecule is Cc1c(C)n(CC(O)CN2CCN(C)CC2)c2c(Cl)cccc12. The van der Waals surface area contributed by atoms with Crippen molar-refractivity contribution in [3.05, 3.63) is 34.5 Å². The van der Waals surface area contributed by atoms with Crippen LogP contribution in [0.1, 0.15) is 11.3 Å². The van der Waals surface area contributed by atoms with Crippen LogP contribution in [0.25, 0.3) is 10.9 Å². The summed E-state index contributed by atoms with van der Waals surface area (Å²) in [6, 6.07) is 6.02. The Hall–Kier alpha value is -1.07. The molecule has 0 aliphatic carbocycles. The summed E-state index contributed by atoms with van der Waals surface area (Å²) in [6.07, 6.45) is -0.386. The lowest BCUT2D eigenvalue weighted by Crippen LogP contribution is -2.47. The van der Waals surface area contributed by atoms with Gasteiger partial charge in [-0.3, -0.25) is 4.90 Å². The number of aromatic nitrogens is 1. The summed E-state index contributed by atoms with van der Waals surface area (Å²) < 4.78 is 2.17. The number of rotatable bonds is 4. The van der Waals surface area contributed by atoms with Crippen LogP contribution in [-0.2, 0) is 6.54 Å². The van der Waals surface area contributed by atoms with Gasteiger partial charge < -0.3 is 14.6 Å². The number of para-hydroxylation sites is 1. The van der Waals surface area contributed by atoms with E-state index in [-0.39, 0.29) is 6.10 Å². The predicted octanol–water partition coefficient (Wildman–Crippen LogP) is 2.52. The second kappa shape index (κ2) is 6.81. The maximum absolute atomic E-state index is 10.6. The number of halogens is 1. The normalized spacial score (nSPS) is 18.7. The third kappa shape index (κ3) is 3.41. The molecule has 1 atom stereocenters. The maximum Gasteiger partial charge on any atom is 0.0845 e. The zero-order valence-electron chi connectivity index (χ0n) is 14.2. The monoisotopic (exact) mass is 335 g/mol. The summed E-state index contributed by atoms with van der Waals surface area (Å²) in [5.41, 5.74) is 3.47. The van der Waals surface area contributed by atoms with Crippen LogP contribution in [0.3, 0.4) is 0 Å². The number of aryl methyl sites for hydroxylation is 1. The minimum Gasteiger partial charge on any atom is -0.390 e. The van der Waals surface area contributed by atoms with Crippen molar-refractivity contribution in [3.63, 3.8) is 0 Å². The molecule has 1 aliphatic heterocycles. The third-order valence-corrected chi connectivity index (χ3v) is 5.37. The number of likely N-dealkylation sites (N-methyl/N-ethyl adjacent to an activating group) is 1. The molecule has 1 aliphatic rings. The number of aliphatic hydroxyl groups is 1. The third-order valence-electron chi connectivity index (χ3n) is 5.07. The molecule has 2 heterocycles. The fourth-order valence-electron chi connectivity index (χ4n) is 3.48. The van der Waals surface area contributed by atoms with Gasteiger partial charge in [-0.15, -0.1) is 0 Å². The lowest BCUT2D eigenvalue weighted by Gasteiger charge is -2.33. The van der Waals surface area contributed by atoms with Crippen LogP contribution in [-0.4, -0.2) is 65.3 Å². The highest BCUT2D eigenvalue weighted by Gasteiger charge is 2.20. The standard InChI is InChI=1S/C18H26ClN3O/c1-13-14(2)22(18-16(13)5-4-6-17(18)19)12-15(23)11-21-9-7-20(3)8-10-21/h4-6,15,23H,7-12H2,1-3H3. The number of hydrogen-bond acceptors (Lipinski definition) is 3. The van der Waals surface area contributed by atoms with E-state index >= 15 is 0 Å². The Morgan fingerprint density at radius 3 is 2.52 bits per heavy atom. The van der Waals surface area contributed by atoms with Gasteiger partial charge in [-0.1, -0.05) is 23.7 Å². The molecule has 0 radical (unpaired) electrons. The molecule has 126 valence electrons. The van der Waals surface area contributed by atoms with Crippen molar-refractivity contribution in [3.8, 4) is 0 Å². The minimum atomic E-state index is -0.386. The number of fused-ring (bicyclic) bond motifs is 1. The molecular weight excluding hydrogens is 310 g/mol. The zero-order valence-corrected chi connectivity index (χ0v) is 15.0. The van der Waals surface area contributed by atoms with E-state index in [1.807, 2.05) is 12.1 Å². The van der Waals surface area contributed by atoms with E-state index in [4.69, 9.17) is 11.6 Å². The molecule has 1 N–H and O–H groups in total. The smallest absolute Gasteiger partial charge is 0.0845 e. The van der Waals surface area contributed by atoms with Gasteiger partial charge in [0, 0.05) is 43.8 Å². The van der Waals surface area contributed by atoms with Crippen molar-refractivity contribution < 1.29 is 5.11 Å². The Labute approximate surface area is 143 Å². The van der Waals surface area contributed by atoms with E-state index in [2.05, 4.69) is 41.3 Å². The number of β-amino-alcohol motifs (C(OH)–C–C–N with tert-alkyl or cyclic N) is 1. The molecule has 0 saturated carbocycles. The van der Waals surface area contributed by atoms with Crippen molar-refractivity contribution in [2.45, 2.75) is 26.5 Å². The lowest BCUT2D eigenvalue weighted by atomic mass is 10.2. The molecule has 1 aromatic carbocycles. The molecule has 23 heavy (non-hydrogen) atoms. The van der Waals surface area contributed by atoms with E-state index < -0.39 is 0 Å². The van der Waals surface area contributed by atoms with Gasteiger partial charge in [0.15, 0.2) is 0 Å². The molecule has 1 saturated heterocycles. The van der Waals surface area contributed by atoms with Gasteiger partial charge >= 0.3 is 0 Å². The Kier molecular flexibility index (Phi) is 4.97. The fraction of sp³-hybridized carbons (Fsp3) is 0.556. The summed E-state index contributed by atoms with van der Waals surface area (Å²) >= 11 is 6.42. The highest BCUT2D eigenvalue weighted by Crippen LogP contribution is 2.30. The molecule has 1 fully saturated rings. The number of aliphatic hydroxyl groups excluding tert-OH is 1. The fourth-order valence-corrected chi connectivity index (χ4v) is 3.76. The Morgan fingerprint density at radius 2 is 1.83 bits per heavy atom. The quantitative estimate of drug-likeness (QED) is 0.931. The van der Waals surface area contributed by atoms with Crippen molar-refractivity contribution in [2.24, 2.45) is 0 Å². The first-order valence-electron chi connectivity index (χ1n) is 8.30. The molecular formula is C18H26ClN3O. The molecule has 5 heteroatoms. The van der Waals surface area contributed by atoms with Gasteiger partial charge in [0.05, 0.1) is 23.2 Å². The Bertz CT molecular complexity index is 689. The van der Waals surface area contributed by atoms with E-state index in [9.17, 15) is 5.11 Å². The minimum absolute atomic E-state index is 0.386. The van der Waals surface area contributed by atoms with Gasteiger partial charge in [-0.2, -0.15) is 0 Å². The number of benzene rings is 1. The summed E-state index contributed by atoms with van der Waals surface area (Å²) in [5, 5.41) is 12.5. The van der Waals surface area contributed by atoms with Crippen LogP contribution in [0.4, 0.5) is 0 Å². The van der Waals surface area contributed by atoms with Crippen LogP contribution >= 0.6 is 11.6 Å². The number of nitrogens with zero attached hydrogens (tertiary/aromatic N) is 3. The first kappa shape index (κ1) is 16.8. The summed E-state index contributed by atoms with van der Waals surface area (Å²) in [4.78, 5) is 4.68. The Balaban J connectivity index is 1.77. The molecule has 0 bridgehead atoms. The second-order valence-electron chi connectivity index (χ2n) is 6.71. The van der Waals surface area contributed by atoms with Crippen molar-refractivity contribution in [1.29, 1.82) is 0 Å². The summed E-state index contributed by atoms with van der Waals surface area (Å²) in [6.45, 7) is 9.73. The van der Waals surface area contributed by atoms with Crippen molar-refractivity contribution in [1.82, 2.24) is 14.4 Å². The first-order valence-corrected chi connectivity index (χ1v) is 8.68. The van der Waals surface area contributed by atoms with E-state index in [0.717, 1.165) is 43.3 Å². The highest BCUT2D eigenvalue weighted by molar-refractivity contribution is 6.35. The maximum atomic E-state index is 10.6. The number of piperazine rings is 1. The molecule has 3 rings (SSSR count). The highest BCUT2D eigenvalue weighted by atomic mass is 35.5. The number of hydrogen-bond donors (Lipinski definition) is 1. The summed E-state index contributed by atoms with van der Waals surface area (Å²) in [5.74, 6) is 0. The van der Waals surface area contributed by atoms with E-state index in [1.54, 1.807) is 0 Å². The molecule has 0 amide bonds. The van der Waals surface area contributed by atoms with Gasteiger partial charge in [-0.05, 0) is 32.5 Å². The average molecular weight is 336 g/mol. The average Bonchev–Trinajstić information content (AvgIpc) is 2.76. The first-order chi connectivity index (χ1) is 11.0. The largest absolute Gasteiger partial charge is 0.390 e. The van der Waals surface area contributed by atoms with E-state index in [0.29, 0.717) is 6.54 Å². The van der Waals surface area contributed by atoms with Crippen molar-refractivity contribution in [2.75, 3.05) is 39.8 Å².